The van der Waals surface area contributed by atoms with Crippen molar-refractivity contribution in [1.82, 2.24) is 14.7 Å². The summed E-state index contributed by atoms with van der Waals surface area (Å²) in [4.78, 5) is 25.8. The average Bonchev–Trinajstić information content (AvgIpc) is 2.55. The van der Waals surface area contributed by atoms with Gasteiger partial charge in [-0.3, -0.25) is 9.59 Å². The monoisotopic (exact) mass is 315 g/mol. The number of aromatic nitrogens is 2. The van der Waals surface area contributed by atoms with Crippen molar-refractivity contribution in [3.8, 4) is 0 Å². The van der Waals surface area contributed by atoms with Gasteiger partial charge in [-0.15, -0.1) is 0 Å². The number of ether oxygens (including phenoxy) is 1. The number of amides is 1. The Morgan fingerprint density at radius 2 is 2.00 bits per heavy atom. The maximum absolute atomic E-state index is 12.5. The minimum absolute atomic E-state index is 0.223. The number of nitrogens with zero attached hydrogens (tertiary/aromatic N) is 3. The van der Waals surface area contributed by atoms with Crippen LogP contribution in [0.15, 0.2) is 41.2 Å². The first kappa shape index (κ1) is 16.9. The lowest BCUT2D eigenvalue weighted by atomic mass is 10.1. The zero-order valence-electron chi connectivity index (χ0n) is 13.7. The van der Waals surface area contributed by atoms with Crippen molar-refractivity contribution in [3.63, 3.8) is 0 Å². The fourth-order valence-corrected chi connectivity index (χ4v) is 2.21. The van der Waals surface area contributed by atoms with Crippen LogP contribution in [0.5, 0.6) is 0 Å². The molecule has 2 rings (SSSR count). The molecule has 1 aromatic carbocycles. The van der Waals surface area contributed by atoms with Crippen molar-refractivity contribution in [3.05, 3.63) is 63.6 Å². The second kappa shape index (κ2) is 7.69. The lowest BCUT2D eigenvalue weighted by molar-refractivity contribution is 0.0775. The van der Waals surface area contributed by atoms with Crippen LogP contribution in [0.4, 0.5) is 0 Å². The van der Waals surface area contributed by atoms with E-state index in [0.717, 1.165) is 11.1 Å². The molecule has 0 spiro atoms. The van der Waals surface area contributed by atoms with E-state index in [2.05, 4.69) is 5.10 Å². The summed E-state index contributed by atoms with van der Waals surface area (Å²) in [6.45, 7) is 3.18. The topological polar surface area (TPSA) is 64.4 Å². The van der Waals surface area contributed by atoms with Gasteiger partial charge in [-0.05, 0) is 24.1 Å². The Morgan fingerprint density at radius 3 is 2.70 bits per heavy atom. The van der Waals surface area contributed by atoms with Crippen LogP contribution in [-0.2, 0) is 17.8 Å². The van der Waals surface area contributed by atoms with E-state index in [0.29, 0.717) is 19.7 Å². The number of methoxy groups -OCH3 is 1. The SMILES string of the molecule is COCCn1nc(C(=O)N(C)Cc2ccccc2C)ccc1=O. The third-order valence-electron chi connectivity index (χ3n) is 3.61. The first-order valence-electron chi connectivity index (χ1n) is 7.40. The molecule has 0 N–H and O–H groups in total. The van der Waals surface area contributed by atoms with Crippen LogP contribution in [0.1, 0.15) is 21.6 Å². The van der Waals surface area contributed by atoms with Gasteiger partial charge in [-0.25, -0.2) is 4.68 Å². The molecule has 0 aliphatic rings. The number of benzene rings is 1. The quantitative estimate of drug-likeness (QED) is 0.810. The van der Waals surface area contributed by atoms with Crippen molar-refractivity contribution in [1.29, 1.82) is 0 Å². The standard InChI is InChI=1S/C17H21N3O3/c1-13-6-4-5-7-14(13)12-19(2)17(22)15-8-9-16(21)20(18-15)10-11-23-3/h4-9H,10-12H2,1-3H3. The van der Waals surface area contributed by atoms with Crippen LogP contribution >= 0.6 is 0 Å². The van der Waals surface area contributed by atoms with Crippen molar-refractivity contribution in [2.24, 2.45) is 0 Å². The second-order valence-corrected chi connectivity index (χ2v) is 5.36. The molecule has 0 saturated heterocycles. The fourth-order valence-electron chi connectivity index (χ4n) is 2.21. The minimum atomic E-state index is -0.250. The molecule has 6 heteroatoms. The predicted octanol–water partition coefficient (Wildman–Crippen LogP) is 1.47. The molecule has 122 valence electrons. The molecule has 23 heavy (non-hydrogen) atoms. The lowest BCUT2D eigenvalue weighted by Gasteiger charge is -2.18. The van der Waals surface area contributed by atoms with Gasteiger partial charge in [0.1, 0.15) is 5.69 Å². The Hall–Kier alpha value is -2.47. The van der Waals surface area contributed by atoms with Gasteiger partial charge in [0, 0.05) is 26.8 Å². The zero-order chi connectivity index (χ0) is 16.8. The van der Waals surface area contributed by atoms with E-state index in [1.54, 1.807) is 19.1 Å². The molecule has 6 nitrogen and oxygen atoms in total. The van der Waals surface area contributed by atoms with Gasteiger partial charge in [0.2, 0.25) is 0 Å². The number of carbonyl (C=O) groups excluding carboxylic acids is 1. The van der Waals surface area contributed by atoms with Crippen molar-refractivity contribution in [2.75, 3.05) is 20.8 Å². The Kier molecular flexibility index (Phi) is 5.65. The third kappa shape index (κ3) is 4.26. The molecule has 1 amide bonds. The summed E-state index contributed by atoms with van der Waals surface area (Å²) in [6.07, 6.45) is 0. The summed E-state index contributed by atoms with van der Waals surface area (Å²) in [5, 5.41) is 4.13. The average molecular weight is 315 g/mol. The molecule has 0 radical (unpaired) electrons. The molecule has 0 aliphatic carbocycles. The molecule has 1 aromatic heterocycles. The van der Waals surface area contributed by atoms with Crippen LogP contribution in [0.2, 0.25) is 0 Å². The Labute approximate surface area is 135 Å². The van der Waals surface area contributed by atoms with Crippen molar-refractivity contribution < 1.29 is 9.53 Å². The van der Waals surface area contributed by atoms with Gasteiger partial charge in [-0.2, -0.15) is 5.10 Å². The molecule has 0 atom stereocenters. The van der Waals surface area contributed by atoms with Crippen LogP contribution in [-0.4, -0.2) is 41.4 Å². The van der Waals surface area contributed by atoms with Crippen LogP contribution in [0.3, 0.4) is 0 Å². The number of rotatable bonds is 6. The molecule has 0 fully saturated rings. The van der Waals surface area contributed by atoms with Crippen LogP contribution in [0, 0.1) is 6.92 Å². The van der Waals surface area contributed by atoms with Gasteiger partial charge >= 0.3 is 0 Å². The van der Waals surface area contributed by atoms with E-state index in [9.17, 15) is 9.59 Å². The summed E-state index contributed by atoms with van der Waals surface area (Å²) in [5.74, 6) is -0.223. The first-order valence-corrected chi connectivity index (χ1v) is 7.40. The molecular formula is C17H21N3O3. The third-order valence-corrected chi connectivity index (χ3v) is 3.61. The largest absolute Gasteiger partial charge is 0.383 e. The maximum atomic E-state index is 12.5. The van der Waals surface area contributed by atoms with E-state index in [4.69, 9.17) is 4.74 Å². The number of hydrogen-bond donors (Lipinski definition) is 0. The normalized spacial score (nSPS) is 10.6. The van der Waals surface area contributed by atoms with Gasteiger partial charge in [0.25, 0.3) is 11.5 Å². The molecule has 1 heterocycles. The summed E-state index contributed by atoms with van der Waals surface area (Å²) < 4.78 is 6.19. The Balaban J connectivity index is 2.16. The Bertz CT molecular complexity index is 740. The molecule has 0 aliphatic heterocycles. The lowest BCUT2D eigenvalue weighted by Crippen LogP contribution is -2.31. The van der Waals surface area contributed by atoms with E-state index in [-0.39, 0.29) is 17.2 Å². The molecule has 0 saturated carbocycles. The highest BCUT2D eigenvalue weighted by molar-refractivity contribution is 5.91. The number of hydrogen-bond acceptors (Lipinski definition) is 4. The number of carbonyl (C=O) groups is 1. The molecule has 2 aromatic rings. The van der Waals surface area contributed by atoms with Crippen LogP contribution in [0.25, 0.3) is 0 Å². The van der Waals surface area contributed by atoms with E-state index < -0.39 is 0 Å². The highest BCUT2D eigenvalue weighted by atomic mass is 16.5. The minimum Gasteiger partial charge on any atom is -0.383 e. The first-order chi connectivity index (χ1) is 11.0. The van der Waals surface area contributed by atoms with E-state index >= 15 is 0 Å². The summed E-state index contributed by atoms with van der Waals surface area (Å²) in [6, 6.07) is 10.7. The summed E-state index contributed by atoms with van der Waals surface area (Å²) in [7, 11) is 3.27. The van der Waals surface area contributed by atoms with E-state index in [1.165, 1.54) is 16.8 Å². The number of aryl methyl sites for hydroxylation is 1. The molecule has 0 unspecified atom stereocenters. The van der Waals surface area contributed by atoms with E-state index in [1.807, 2.05) is 31.2 Å². The van der Waals surface area contributed by atoms with Crippen molar-refractivity contribution in [2.45, 2.75) is 20.0 Å². The summed E-state index contributed by atoms with van der Waals surface area (Å²) >= 11 is 0. The Morgan fingerprint density at radius 1 is 1.26 bits per heavy atom. The molecular weight excluding hydrogens is 294 g/mol. The van der Waals surface area contributed by atoms with Crippen molar-refractivity contribution >= 4 is 5.91 Å². The van der Waals surface area contributed by atoms with Gasteiger partial charge in [0.15, 0.2) is 0 Å². The highest BCUT2D eigenvalue weighted by Gasteiger charge is 2.15. The highest BCUT2D eigenvalue weighted by Crippen LogP contribution is 2.11. The maximum Gasteiger partial charge on any atom is 0.274 e. The van der Waals surface area contributed by atoms with Gasteiger partial charge in [-0.1, -0.05) is 24.3 Å². The zero-order valence-corrected chi connectivity index (χ0v) is 13.7. The second-order valence-electron chi connectivity index (χ2n) is 5.36. The fraction of sp³-hybridized carbons (Fsp3) is 0.353. The summed E-state index contributed by atoms with van der Waals surface area (Å²) in [5.41, 5.74) is 2.21. The predicted molar refractivity (Wildman–Crippen MR) is 87.3 cm³/mol. The van der Waals surface area contributed by atoms with Gasteiger partial charge in [0.05, 0.1) is 13.2 Å². The van der Waals surface area contributed by atoms with Crippen LogP contribution < -0.4 is 5.56 Å². The molecule has 0 bridgehead atoms. The van der Waals surface area contributed by atoms with Gasteiger partial charge < -0.3 is 9.64 Å². The smallest absolute Gasteiger partial charge is 0.274 e.